The molecule has 1 aliphatic rings. The summed E-state index contributed by atoms with van der Waals surface area (Å²) in [6, 6.07) is 11.2. The molecule has 3 heteroatoms. The van der Waals surface area contributed by atoms with Gasteiger partial charge in [0.15, 0.2) is 0 Å². The minimum Gasteiger partial charge on any atom is -0.316 e. The third-order valence-electron chi connectivity index (χ3n) is 4.92. The van der Waals surface area contributed by atoms with E-state index in [1.165, 1.54) is 12.0 Å². The fourth-order valence-corrected chi connectivity index (χ4v) is 5.43. The van der Waals surface area contributed by atoms with Crippen molar-refractivity contribution in [1.29, 1.82) is 0 Å². The largest absolute Gasteiger partial charge is 0.316 e. The summed E-state index contributed by atoms with van der Waals surface area (Å²) in [7, 11) is 1.29. The normalized spacial score (nSPS) is 29.0. The van der Waals surface area contributed by atoms with E-state index in [-0.39, 0.29) is 0 Å². The lowest BCUT2D eigenvalue weighted by Crippen LogP contribution is -2.45. The first kappa shape index (κ1) is 16.7. The lowest BCUT2D eigenvalue weighted by molar-refractivity contribution is 0.363. The van der Waals surface area contributed by atoms with Crippen LogP contribution >= 0.6 is 0 Å². The van der Waals surface area contributed by atoms with E-state index in [1.807, 2.05) is 7.05 Å². The van der Waals surface area contributed by atoms with Gasteiger partial charge in [0.1, 0.15) is 0 Å². The second kappa shape index (κ2) is 8.09. The zero-order valence-corrected chi connectivity index (χ0v) is 14.4. The van der Waals surface area contributed by atoms with Gasteiger partial charge in [0.05, 0.1) is 5.25 Å². The highest BCUT2D eigenvalue weighted by Crippen LogP contribution is 2.35. The van der Waals surface area contributed by atoms with Crippen LogP contribution in [0.15, 0.2) is 30.3 Å². The standard InChI is InChI=1S/C18H29NOS/c1-4-14(2)13-21(20)18-12-16(10-11-17(18)19-3)15-8-6-5-7-9-15/h5-9,14,16-19H,4,10-13H2,1-3H3. The zero-order valence-electron chi connectivity index (χ0n) is 13.5. The third-order valence-corrected chi connectivity index (χ3v) is 7.01. The lowest BCUT2D eigenvalue weighted by Gasteiger charge is -2.36. The Morgan fingerprint density at radius 1 is 1.29 bits per heavy atom. The molecule has 0 aliphatic heterocycles. The molecule has 5 unspecified atom stereocenters. The maximum atomic E-state index is 12.8. The van der Waals surface area contributed by atoms with Gasteiger partial charge in [-0.3, -0.25) is 4.21 Å². The summed E-state index contributed by atoms with van der Waals surface area (Å²) < 4.78 is 12.8. The Labute approximate surface area is 132 Å². The van der Waals surface area contributed by atoms with Crippen molar-refractivity contribution >= 4 is 10.8 Å². The molecule has 118 valence electrons. The summed E-state index contributed by atoms with van der Waals surface area (Å²) in [5, 5.41) is 3.70. The highest BCUT2D eigenvalue weighted by molar-refractivity contribution is 7.85. The van der Waals surface area contributed by atoms with Crippen molar-refractivity contribution < 1.29 is 4.21 Å². The van der Waals surface area contributed by atoms with Gasteiger partial charge in [-0.2, -0.15) is 0 Å². The van der Waals surface area contributed by atoms with Crippen LogP contribution in [0.2, 0.25) is 0 Å². The molecule has 1 saturated carbocycles. The van der Waals surface area contributed by atoms with Crippen LogP contribution in [0.1, 0.15) is 51.0 Å². The van der Waals surface area contributed by atoms with Gasteiger partial charge in [-0.25, -0.2) is 0 Å². The first-order valence-electron chi connectivity index (χ1n) is 8.25. The number of nitrogens with one attached hydrogen (secondary N) is 1. The van der Waals surface area contributed by atoms with E-state index < -0.39 is 10.8 Å². The van der Waals surface area contributed by atoms with E-state index in [0.29, 0.717) is 23.1 Å². The van der Waals surface area contributed by atoms with Gasteiger partial charge >= 0.3 is 0 Å². The molecule has 0 amide bonds. The first-order chi connectivity index (χ1) is 10.2. The molecule has 1 fully saturated rings. The molecule has 1 aliphatic carbocycles. The summed E-state index contributed by atoms with van der Waals surface area (Å²) in [5.41, 5.74) is 1.41. The van der Waals surface area contributed by atoms with E-state index in [4.69, 9.17) is 0 Å². The van der Waals surface area contributed by atoms with Crippen molar-refractivity contribution in [2.24, 2.45) is 5.92 Å². The summed E-state index contributed by atoms with van der Waals surface area (Å²) in [6.07, 6.45) is 4.50. The molecule has 1 aromatic carbocycles. The average Bonchev–Trinajstić information content (AvgIpc) is 2.54. The Bertz CT molecular complexity index is 448. The van der Waals surface area contributed by atoms with Crippen LogP contribution in [0.25, 0.3) is 0 Å². The highest BCUT2D eigenvalue weighted by atomic mass is 32.2. The fraction of sp³-hybridized carbons (Fsp3) is 0.667. The molecule has 0 saturated heterocycles. The molecule has 0 heterocycles. The summed E-state index contributed by atoms with van der Waals surface area (Å²) >= 11 is 0. The number of hydrogen-bond donors (Lipinski definition) is 1. The maximum Gasteiger partial charge on any atom is 0.0507 e. The molecule has 1 aromatic rings. The van der Waals surface area contributed by atoms with E-state index in [9.17, 15) is 4.21 Å². The topological polar surface area (TPSA) is 29.1 Å². The molecule has 2 rings (SSSR count). The molecule has 0 spiro atoms. The van der Waals surface area contributed by atoms with Gasteiger partial charge in [-0.15, -0.1) is 0 Å². The maximum absolute atomic E-state index is 12.8. The van der Waals surface area contributed by atoms with Crippen molar-refractivity contribution in [2.45, 2.75) is 56.7 Å². The molecule has 0 aromatic heterocycles. The van der Waals surface area contributed by atoms with Crippen molar-refractivity contribution in [3.05, 3.63) is 35.9 Å². The molecular weight excluding hydrogens is 278 g/mol. The van der Waals surface area contributed by atoms with Crippen molar-refractivity contribution in [2.75, 3.05) is 12.8 Å². The fourth-order valence-electron chi connectivity index (χ4n) is 3.30. The Kier molecular flexibility index (Phi) is 6.43. The van der Waals surface area contributed by atoms with Crippen molar-refractivity contribution in [3.8, 4) is 0 Å². The van der Waals surface area contributed by atoms with Crippen LogP contribution in [0.3, 0.4) is 0 Å². The Balaban J connectivity index is 2.07. The number of benzene rings is 1. The zero-order chi connectivity index (χ0) is 15.2. The average molecular weight is 308 g/mol. The first-order valence-corrected chi connectivity index (χ1v) is 9.63. The van der Waals surface area contributed by atoms with E-state index in [1.54, 1.807) is 0 Å². The lowest BCUT2D eigenvalue weighted by atomic mass is 9.81. The molecule has 21 heavy (non-hydrogen) atoms. The van der Waals surface area contributed by atoms with E-state index in [0.717, 1.165) is 25.0 Å². The van der Waals surface area contributed by atoms with Gasteiger partial charge in [0.2, 0.25) is 0 Å². The van der Waals surface area contributed by atoms with Gasteiger partial charge in [-0.1, -0.05) is 50.6 Å². The SMILES string of the molecule is CCC(C)CS(=O)C1CC(c2ccccc2)CCC1NC. The molecule has 1 N–H and O–H groups in total. The predicted molar refractivity (Wildman–Crippen MR) is 92.1 cm³/mol. The van der Waals surface area contributed by atoms with E-state index >= 15 is 0 Å². The van der Waals surface area contributed by atoms with Crippen LogP contribution < -0.4 is 5.32 Å². The quantitative estimate of drug-likeness (QED) is 0.868. The molecule has 0 bridgehead atoms. The molecular formula is C18H29NOS. The van der Waals surface area contributed by atoms with E-state index in [2.05, 4.69) is 49.5 Å². The van der Waals surface area contributed by atoms with Gasteiger partial charge in [0, 0.05) is 22.6 Å². The van der Waals surface area contributed by atoms with Crippen molar-refractivity contribution in [3.63, 3.8) is 0 Å². The van der Waals surface area contributed by atoms with Gasteiger partial charge in [-0.05, 0) is 43.7 Å². The Morgan fingerprint density at radius 3 is 2.62 bits per heavy atom. The molecule has 2 nitrogen and oxygen atoms in total. The van der Waals surface area contributed by atoms with Crippen LogP contribution in [-0.2, 0) is 10.8 Å². The Morgan fingerprint density at radius 2 is 2.00 bits per heavy atom. The van der Waals surface area contributed by atoms with Crippen molar-refractivity contribution in [1.82, 2.24) is 5.32 Å². The smallest absolute Gasteiger partial charge is 0.0507 e. The number of rotatable bonds is 6. The molecule has 0 radical (unpaired) electrons. The van der Waals surface area contributed by atoms with Crippen LogP contribution in [0.4, 0.5) is 0 Å². The summed E-state index contributed by atoms with van der Waals surface area (Å²) in [6.45, 7) is 4.40. The molecule has 5 atom stereocenters. The minimum atomic E-state index is -0.723. The Hall–Kier alpha value is -0.670. The van der Waals surface area contributed by atoms with Crippen LogP contribution in [0.5, 0.6) is 0 Å². The number of hydrogen-bond acceptors (Lipinski definition) is 2. The monoisotopic (exact) mass is 307 g/mol. The third kappa shape index (κ3) is 4.40. The predicted octanol–water partition coefficient (Wildman–Crippen LogP) is 3.71. The minimum absolute atomic E-state index is 0.294. The van der Waals surface area contributed by atoms with Gasteiger partial charge < -0.3 is 5.32 Å². The second-order valence-electron chi connectivity index (χ2n) is 6.42. The van der Waals surface area contributed by atoms with Crippen LogP contribution in [0, 0.1) is 5.92 Å². The second-order valence-corrected chi connectivity index (χ2v) is 8.12. The summed E-state index contributed by atoms with van der Waals surface area (Å²) in [5.74, 6) is 1.98. The van der Waals surface area contributed by atoms with Gasteiger partial charge in [0.25, 0.3) is 0 Å². The summed E-state index contributed by atoms with van der Waals surface area (Å²) in [4.78, 5) is 0. The van der Waals surface area contributed by atoms with Crippen LogP contribution in [-0.4, -0.2) is 28.3 Å². The highest BCUT2D eigenvalue weighted by Gasteiger charge is 2.34.